The monoisotopic (exact) mass is 366 g/mol. The van der Waals surface area contributed by atoms with Crippen molar-refractivity contribution in [1.82, 2.24) is 0 Å². The van der Waals surface area contributed by atoms with Crippen LogP contribution in [0.4, 0.5) is 0 Å². The summed E-state index contributed by atoms with van der Waals surface area (Å²) >= 11 is -0.786. The van der Waals surface area contributed by atoms with Crippen LogP contribution in [0.2, 0.25) is 17.8 Å². The molecule has 10 heavy (non-hydrogen) atoms. The molecule has 0 rings (SSSR count). The standard InChI is InChI=1S/C2H6Te.3C2H5.Sn/c1-2-3;3*1-2;/h3H,2H2,1H3;3*1H2,2H3;/q;;;;+1/p-1. The van der Waals surface area contributed by atoms with Crippen molar-refractivity contribution in [3.8, 4) is 0 Å². The number of rotatable bonds is 5. The molecule has 0 bridgehead atoms. The molecule has 0 unspecified atom stereocenters. The van der Waals surface area contributed by atoms with Gasteiger partial charge in [0.25, 0.3) is 0 Å². The van der Waals surface area contributed by atoms with Gasteiger partial charge in [-0.1, -0.05) is 0 Å². The first-order valence-corrected chi connectivity index (χ1v) is 21.1. The van der Waals surface area contributed by atoms with Crippen LogP contribution in [0, 0.1) is 0 Å². The van der Waals surface area contributed by atoms with E-state index in [4.69, 9.17) is 0 Å². The average molecular weight is 363 g/mol. The molecule has 0 atom stereocenters. The second-order valence-electron chi connectivity index (χ2n) is 2.68. The van der Waals surface area contributed by atoms with Gasteiger partial charge in [-0.2, -0.15) is 0 Å². The zero-order valence-corrected chi connectivity index (χ0v) is 12.9. The molecule has 0 aromatic carbocycles. The van der Waals surface area contributed by atoms with E-state index in [2.05, 4.69) is 27.7 Å². The topological polar surface area (TPSA) is 0 Å². The minimum atomic E-state index is -1.30. The van der Waals surface area contributed by atoms with Gasteiger partial charge in [0.2, 0.25) is 0 Å². The van der Waals surface area contributed by atoms with Crippen LogP contribution in [0.3, 0.4) is 0 Å². The van der Waals surface area contributed by atoms with Crippen molar-refractivity contribution in [3.05, 3.63) is 0 Å². The first-order valence-electron chi connectivity index (χ1n) is 4.38. The summed E-state index contributed by atoms with van der Waals surface area (Å²) in [6.07, 6.45) is 0. The van der Waals surface area contributed by atoms with Crippen LogP contribution < -0.4 is 0 Å². The molecule has 0 saturated heterocycles. The normalized spacial score (nSPS) is 12.0. The van der Waals surface area contributed by atoms with E-state index in [0.717, 1.165) is 0 Å². The molecule has 2 heteroatoms. The molecule has 0 aromatic rings. The Morgan fingerprint density at radius 1 is 0.900 bits per heavy atom. The van der Waals surface area contributed by atoms with E-state index < -0.39 is 14.5 Å². The SMILES string of the molecule is CC[Te][Sn]([CH2]C)([CH2]C)[CH2]C. The predicted octanol–water partition coefficient (Wildman–Crippen LogP) is 3.13. The van der Waals surface area contributed by atoms with Gasteiger partial charge in [-0.15, -0.1) is 0 Å². The maximum absolute atomic E-state index is 2.45. The summed E-state index contributed by atoms with van der Waals surface area (Å²) in [4.78, 5) is 0. The Labute approximate surface area is 76.2 Å². The molecule has 0 aromatic heterocycles. The van der Waals surface area contributed by atoms with Gasteiger partial charge in [0.1, 0.15) is 0 Å². The van der Waals surface area contributed by atoms with Gasteiger partial charge >= 0.3 is 77.0 Å². The van der Waals surface area contributed by atoms with Gasteiger partial charge in [0.05, 0.1) is 0 Å². The molecule has 0 fully saturated rings. The fourth-order valence-electron chi connectivity index (χ4n) is 1.36. The Hall–Kier alpha value is 1.59. The van der Waals surface area contributed by atoms with Gasteiger partial charge in [0.15, 0.2) is 0 Å². The van der Waals surface area contributed by atoms with E-state index >= 15 is 0 Å². The summed E-state index contributed by atoms with van der Waals surface area (Å²) in [5.74, 6) is 0. The van der Waals surface area contributed by atoms with Gasteiger partial charge in [-0.3, -0.25) is 0 Å². The van der Waals surface area contributed by atoms with Crippen molar-refractivity contribution < 1.29 is 0 Å². The molecule has 0 nitrogen and oxygen atoms in total. The van der Waals surface area contributed by atoms with Crippen LogP contribution in [-0.4, -0.2) is 31.5 Å². The molecular weight excluding hydrogens is 342 g/mol. The molecule has 0 aliphatic heterocycles. The Morgan fingerprint density at radius 2 is 1.30 bits per heavy atom. The number of hydrogen-bond acceptors (Lipinski definition) is 0. The molecule has 0 radical (unpaired) electrons. The molecule has 0 aliphatic rings. The Balaban J connectivity index is 3.87. The molecule has 0 amide bonds. The summed E-state index contributed by atoms with van der Waals surface area (Å²) < 4.78 is 6.43. The van der Waals surface area contributed by atoms with Crippen LogP contribution in [0.1, 0.15) is 27.7 Å². The van der Waals surface area contributed by atoms with Gasteiger partial charge in [-0.05, 0) is 0 Å². The third-order valence-electron chi connectivity index (χ3n) is 2.38. The fourth-order valence-corrected chi connectivity index (χ4v) is 32.6. The Kier molecular flexibility index (Phi) is 7.12. The van der Waals surface area contributed by atoms with Crippen LogP contribution >= 0.6 is 0 Å². The van der Waals surface area contributed by atoms with Crippen LogP contribution in [0.15, 0.2) is 0 Å². The molecule has 0 aliphatic carbocycles. The van der Waals surface area contributed by atoms with Crippen molar-refractivity contribution in [2.45, 2.75) is 45.5 Å². The molecule has 62 valence electrons. The molecular formula is C8H20SnTe. The summed E-state index contributed by atoms with van der Waals surface area (Å²) in [7, 11) is 0. The first-order chi connectivity index (χ1) is 4.74. The average Bonchev–Trinajstić information content (AvgIpc) is 2.01. The van der Waals surface area contributed by atoms with E-state index in [1.165, 1.54) is 0 Å². The fraction of sp³-hybridized carbons (Fsp3) is 1.00. The zero-order chi connectivity index (χ0) is 8.04. The molecule has 0 spiro atoms. The van der Waals surface area contributed by atoms with Crippen LogP contribution in [0.25, 0.3) is 0 Å². The summed E-state index contributed by atoms with van der Waals surface area (Å²) in [5.41, 5.74) is 0. The van der Waals surface area contributed by atoms with Crippen molar-refractivity contribution >= 4 is 31.5 Å². The van der Waals surface area contributed by atoms with Gasteiger partial charge in [0, 0.05) is 0 Å². The zero-order valence-electron chi connectivity index (χ0n) is 7.74. The van der Waals surface area contributed by atoms with Crippen molar-refractivity contribution in [3.63, 3.8) is 0 Å². The molecule has 0 N–H and O–H groups in total. The van der Waals surface area contributed by atoms with E-state index in [1.54, 1.807) is 17.8 Å². The molecule has 0 saturated carbocycles. The van der Waals surface area contributed by atoms with Crippen LogP contribution in [-0.2, 0) is 0 Å². The Bertz CT molecular complexity index is 71.1. The quantitative estimate of drug-likeness (QED) is 0.659. The van der Waals surface area contributed by atoms with E-state index in [1.807, 2.05) is 0 Å². The maximum atomic E-state index is 2.45. The Morgan fingerprint density at radius 3 is 1.40 bits per heavy atom. The van der Waals surface area contributed by atoms with Crippen LogP contribution in [0.5, 0.6) is 0 Å². The minimum absolute atomic E-state index is 0.515. The third kappa shape index (κ3) is 3.32. The van der Waals surface area contributed by atoms with Crippen molar-refractivity contribution in [2.24, 2.45) is 0 Å². The van der Waals surface area contributed by atoms with E-state index in [-0.39, 0.29) is 0 Å². The number of hydrogen-bond donors (Lipinski definition) is 0. The first kappa shape index (κ1) is 11.6. The summed E-state index contributed by atoms with van der Waals surface area (Å²) in [6, 6.07) is 0. The summed E-state index contributed by atoms with van der Waals surface area (Å²) in [6.45, 7) is 9.74. The second kappa shape index (κ2) is 6.14. The third-order valence-corrected chi connectivity index (χ3v) is 49.8. The summed E-state index contributed by atoms with van der Waals surface area (Å²) in [5, 5.41) is 0. The van der Waals surface area contributed by atoms with Crippen molar-refractivity contribution in [2.75, 3.05) is 0 Å². The second-order valence-corrected chi connectivity index (χ2v) is 40.1. The van der Waals surface area contributed by atoms with Gasteiger partial charge < -0.3 is 0 Å². The van der Waals surface area contributed by atoms with Crippen molar-refractivity contribution in [1.29, 1.82) is 0 Å². The van der Waals surface area contributed by atoms with E-state index in [9.17, 15) is 0 Å². The van der Waals surface area contributed by atoms with Gasteiger partial charge in [-0.25, -0.2) is 0 Å². The predicted molar refractivity (Wildman–Crippen MR) is 53.4 cm³/mol. The van der Waals surface area contributed by atoms with E-state index in [0.29, 0.717) is 17.0 Å². The molecule has 0 heterocycles.